The van der Waals surface area contributed by atoms with Crippen molar-refractivity contribution in [2.24, 2.45) is 0 Å². The fourth-order valence-electron chi connectivity index (χ4n) is 4.12. The molecule has 0 aliphatic heterocycles. The van der Waals surface area contributed by atoms with Gasteiger partial charge in [-0.3, -0.25) is 10.1 Å². The van der Waals surface area contributed by atoms with Crippen LogP contribution in [0.25, 0.3) is 10.9 Å². The average Bonchev–Trinajstić information content (AvgIpc) is 2.87. The van der Waals surface area contributed by atoms with Crippen LogP contribution in [-0.2, 0) is 11.2 Å². The Bertz CT molecular complexity index is 1100. The van der Waals surface area contributed by atoms with Crippen molar-refractivity contribution in [3.8, 4) is 0 Å². The van der Waals surface area contributed by atoms with Gasteiger partial charge in [-0.15, -0.1) is 0 Å². The zero-order chi connectivity index (χ0) is 24.9. The lowest BCUT2D eigenvalue weighted by Crippen LogP contribution is -2.13. The third-order valence-electron chi connectivity index (χ3n) is 6.11. The molecular formula is C28H35N3O4. The molecule has 1 aromatic heterocycles. The van der Waals surface area contributed by atoms with E-state index in [1.165, 1.54) is 57.1 Å². The number of carbonyl (C=O) groups excluding carboxylic acids is 1. The van der Waals surface area contributed by atoms with Crippen molar-refractivity contribution >= 4 is 22.6 Å². The number of aromatic nitrogens is 2. The van der Waals surface area contributed by atoms with Crippen LogP contribution in [0.1, 0.15) is 93.0 Å². The first-order valence-electron chi connectivity index (χ1n) is 12.7. The van der Waals surface area contributed by atoms with Crippen molar-refractivity contribution in [1.29, 1.82) is 0 Å². The van der Waals surface area contributed by atoms with Gasteiger partial charge in [-0.05, 0) is 18.1 Å². The predicted molar refractivity (Wildman–Crippen MR) is 138 cm³/mol. The Kier molecular flexibility index (Phi) is 10.6. The van der Waals surface area contributed by atoms with E-state index in [2.05, 4.69) is 16.9 Å². The molecule has 0 atom stereocenters. The second-order valence-electron chi connectivity index (χ2n) is 8.93. The van der Waals surface area contributed by atoms with E-state index < -0.39 is 10.9 Å². The summed E-state index contributed by atoms with van der Waals surface area (Å²) < 4.78 is 5.46. The number of nitro benzene ring substituents is 1. The number of hydrogen-bond acceptors (Lipinski definition) is 6. The van der Waals surface area contributed by atoms with Crippen molar-refractivity contribution < 1.29 is 14.5 Å². The molecule has 3 rings (SSSR count). The van der Waals surface area contributed by atoms with E-state index in [9.17, 15) is 14.9 Å². The number of ether oxygens (including phenoxy) is 1. The molecule has 0 saturated carbocycles. The van der Waals surface area contributed by atoms with E-state index in [0.717, 1.165) is 30.2 Å². The number of fused-ring (bicyclic) bond motifs is 1. The van der Waals surface area contributed by atoms with Crippen LogP contribution in [0.3, 0.4) is 0 Å². The first kappa shape index (κ1) is 26.3. The van der Waals surface area contributed by atoms with Gasteiger partial charge in [0.2, 0.25) is 5.82 Å². The van der Waals surface area contributed by atoms with Gasteiger partial charge in [-0.2, -0.15) is 0 Å². The minimum absolute atomic E-state index is 0.0394. The molecule has 2 aromatic carbocycles. The number of nitrogens with zero attached hydrogens (tertiary/aromatic N) is 3. The van der Waals surface area contributed by atoms with Crippen LogP contribution in [0, 0.1) is 10.1 Å². The molecule has 186 valence electrons. The lowest BCUT2D eigenvalue weighted by Gasteiger charge is -2.09. The van der Waals surface area contributed by atoms with E-state index in [-0.39, 0.29) is 11.5 Å². The minimum Gasteiger partial charge on any atom is -0.460 e. The van der Waals surface area contributed by atoms with Crippen molar-refractivity contribution in [2.75, 3.05) is 6.61 Å². The molecule has 0 bridgehead atoms. The lowest BCUT2D eigenvalue weighted by atomic mass is 10.1. The summed E-state index contributed by atoms with van der Waals surface area (Å²) in [5.41, 5.74) is 2.27. The van der Waals surface area contributed by atoms with Crippen LogP contribution in [0.5, 0.6) is 0 Å². The van der Waals surface area contributed by atoms with Crippen LogP contribution < -0.4 is 0 Å². The summed E-state index contributed by atoms with van der Waals surface area (Å²) in [6.45, 7) is 2.60. The fraction of sp³-hybridized carbons (Fsp3) is 0.464. The summed E-state index contributed by atoms with van der Waals surface area (Å²) >= 11 is 0. The topological polar surface area (TPSA) is 95.2 Å². The van der Waals surface area contributed by atoms with Crippen LogP contribution >= 0.6 is 0 Å². The molecule has 1 heterocycles. The quantitative estimate of drug-likeness (QED) is 0.0993. The Morgan fingerprint density at radius 3 is 2.14 bits per heavy atom. The van der Waals surface area contributed by atoms with E-state index >= 15 is 0 Å². The van der Waals surface area contributed by atoms with Gasteiger partial charge in [0.15, 0.2) is 0 Å². The maximum Gasteiger partial charge on any atom is 0.376 e. The second-order valence-corrected chi connectivity index (χ2v) is 8.93. The molecule has 0 fully saturated rings. The van der Waals surface area contributed by atoms with E-state index in [1.54, 1.807) is 12.1 Å². The number of esters is 1. The Hall–Kier alpha value is -3.35. The lowest BCUT2D eigenvalue weighted by molar-refractivity contribution is -0.384. The highest BCUT2D eigenvalue weighted by Crippen LogP contribution is 2.21. The number of benzene rings is 2. The maximum atomic E-state index is 12.7. The largest absolute Gasteiger partial charge is 0.460 e. The van der Waals surface area contributed by atoms with Gasteiger partial charge in [0.05, 0.1) is 22.7 Å². The summed E-state index contributed by atoms with van der Waals surface area (Å²) in [6, 6.07) is 13.9. The van der Waals surface area contributed by atoms with Gasteiger partial charge in [-0.25, -0.2) is 14.8 Å². The van der Waals surface area contributed by atoms with Gasteiger partial charge in [0.1, 0.15) is 0 Å². The number of rotatable bonds is 15. The van der Waals surface area contributed by atoms with E-state index in [4.69, 9.17) is 4.74 Å². The number of carbonyl (C=O) groups is 1. The SMILES string of the molecule is CCCCCCCCCCCCOC(=O)c1nc(Cc2ccc([N+](=O)[O-])cc2)c2ccccc2n1. The van der Waals surface area contributed by atoms with Crippen LogP contribution in [-0.4, -0.2) is 27.5 Å². The third kappa shape index (κ3) is 8.42. The van der Waals surface area contributed by atoms with Crippen molar-refractivity contribution in [3.63, 3.8) is 0 Å². The molecule has 0 amide bonds. The molecule has 0 unspecified atom stereocenters. The van der Waals surface area contributed by atoms with Gasteiger partial charge >= 0.3 is 5.97 Å². The van der Waals surface area contributed by atoms with Crippen LogP contribution in [0.4, 0.5) is 5.69 Å². The minimum atomic E-state index is -0.517. The Labute approximate surface area is 207 Å². The summed E-state index contributed by atoms with van der Waals surface area (Å²) in [5.74, 6) is -0.468. The predicted octanol–water partition coefficient (Wildman–Crippen LogP) is 7.21. The molecular weight excluding hydrogens is 442 g/mol. The highest BCUT2D eigenvalue weighted by molar-refractivity contribution is 5.89. The summed E-state index contributed by atoms with van der Waals surface area (Å²) in [7, 11) is 0. The smallest absolute Gasteiger partial charge is 0.376 e. The molecule has 7 heteroatoms. The third-order valence-corrected chi connectivity index (χ3v) is 6.11. The molecule has 0 spiro atoms. The van der Waals surface area contributed by atoms with E-state index in [0.29, 0.717) is 24.2 Å². The summed E-state index contributed by atoms with van der Waals surface area (Å²) in [6.07, 6.45) is 12.6. The molecule has 35 heavy (non-hydrogen) atoms. The summed E-state index contributed by atoms with van der Waals surface area (Å²) in [4.78, 5) is 32.1. The average molecular weight is 478 g/mol. The Morgan fingerprint density at radius 2 is 1.49 bits per heavy atom. The molecule has 7 nitrogen and oxygen atoms in total. The van der Waals surface area contributed by atoms with Gasteiger partial charge in [0, 0.05) is 23.9 Å². The van der Waals surface area contributed by atoms with Crippen LogP contribution in [0.2, 0.25) is 0 Å². The number of nitro groups is 1. The highest BCUT2D eigenvalue weighted by atomic mass is 16.6. The van der Waals surface area contributed by atoms with Gasteiger partial charge < -0.3 is 4.74 Å². The second kappa shape index (κ2) is 14.1. The Balaban J connectivity index is 1.52. The fourth-order valence-corrected chi connectivity index (χ4v) is 4.12. The molecule has 0 aliphatic rings. The number of para-hydroxylation sites is 1. The zero-order valence-electron chi connectivity index (χ0n) is 20.6. The summed E-state index contributed by atoms with van der Waals surface area (Å²) in [5, 5.41) is 11.8. The first-order valence-corrected chi connectivity index (χ1v) is 12.7. The first-order chi connectivity index (χ1) is 17.1. The molecule has 3 aromatic rings. The number of non-ortho nitro benzene ring substituents is 1. The van der Waals surface area contributed by atoms with E-state index in [1.807, 2.05) is 24.3 Å². The molecule has 0 aliphatic carbocycles. The molecule has 0 saturated heterocycles. The number of unbranched alkanes of at least 4 members (excludes halogenated alkanes) is 9. The monoisotopic (exact) mass is 477 g/mol. The molecule has 0 N–H and O–H groups in total. The van der Waals surface area contributed by atoms with Crippen molar-refractivity contribution in [1.82, 2.24) is 9.97 Å². The van der Waals surface area contributed by atoms with Crippen molar-refractivity contribution in [2.45, 2.75) is 77.6 Å². The zero-order valence-corrected chi connectivity index (χ0v) is 20.6. The standard InChI is InChI=1S/C28H35N3O4/c1-2-3-4-5-6-7-8-9-10-13-20-35-28(32)27-29-25-15-12-11-14-24(25)26(30-27)21-22-16-18-23(19-17-22)31(33)34/h11-12,14-19H,2-10,13,20-21H2,1H3. The highest BCUT2D eigenvalue weighted by Gasteiger charge is 2.16. The Morgan fingerprint density at radius 1 is 0.857 bits per heavy atom. The van der Waals surface area contributed by atoms with Gasteiger partial charge in [-0.1, -0.05) is 95.0 Å². The number of hydrogen-bond donors (Lipinski definition) is 0. The maximum absolute atomic E-state index is 12.7. The van der Waals surface area contributed by atoms with Gasteiger partial charge in [0.25, 0.3) is 5.69 Å². The molecule has 0 radical (unpaired) electrons. The van der Waals surface area contributed by atoms with Crippen LogP contribution in [0.15, 0.2) is 48.5 Å². The van der Waals surface area contributed by atoms with Crippen molar-refractivity contribution in [3.05, 3.63) is 75.7 Å². The normalized spacial score (nSPS) is 11.0.